The summed E-state index contributed by atoms with van der Waals surface area (Å²) in [5, 5.41) is 2.03. The average molecular weight is 495 g/mol. The van der Waals surface area contributed by atoms with Crippen molar-refractivity contribution in [2.24, 2.45) is 0 Å². The van der Waals surface area contributed by atoms with E-state index in [0.29, 0.717) is 23.6 Å². The van der Waals surface area contributed by atoms with Crippen LogP contribution in [0.15, 0.2) is 53.9 Å². The van der Waals surface area contributed by atoms with Crippen molar-refractivity contribution in [3.8, 4) is 11.5 Å². The minimum absolute atomic E-state index is 0.00633. The summed E-state index contributed by atoms with van der Waals surface area (Å²) < 4.78 is 24.5. The van der Waals surface area contributed by atoms with Crippen LogP contribution in [0, 0.1) is 5.82 Å². The number of ether oxygens (including phenoxy) is 2. The highest BCUT2D eigenvalue weighted by molar-refractivity contribution is 7.10. The smallest absolute Gasteiger partial charge is 0.262 e. The molecule has 1 fully saturated rings. The topological polar surface area (TPSA) is 59.1 Å². The molecule has 2 heterocycles. The normalized spacial score (nSPS) is 17.0. The molecule has 182 valence electrons. The van der Waals surface area contributed by atoms with Gasteiger partial charge in [-0.2, -0.15) is 0 Å². The number of nitrogens with zero attached hydrogens (tertiary/aromatic N) is 2. The van der Waals surface area contributed by atoms with Crippen LogP contribution in [0.3, 0.4) is 0 Å². The molecule has 0 bridgehead atoms. The number of halogens is 1. The van der Waals surface area contributed by atoms with Gasteiger partial charge in [0.05, 0.1) is 20.3 Å². The maximum absolute atomic E-state index is 13.8. The predicted octanol–water partition coefficient (Wildman–Crippen LogP) is 4.68. The maximum Gasteiger partial charge on any atom is 0.262 e. The van der Waals surface area contributed by atoms with Gasteiger partial charge in [-0.05, 0) is 66.1 Å². The number of hydrogen-bond acceptors (Lipinski definition) is 5. The van der Waals surface area contributed by atoms with Gasteiger partial charge in [-0.3, -0.25) is 9.59 Å². The van der Waals surface area contributed by atoms with Gasteiger partial charge in [0.15, 0.2) is 0 Å². The quantitative estimate of drug-likeness (QED) is 0.479. The van der Waals surface area contributed by atoms with Crippen LogP contribution in [0.1, 0.15) is 45.2 Å². The van der Waals surface area contributed by atoms with Crippen molar-refractivity contribution in [2.75, 3.05) is 27.3 Å². The largest absolute Gasteiger partial charge is 0.496 e. The highest BCUT2D eigenvalue weighted by Gasteiger charge is 2.39. The molecule has 1 aliphatic carbocycles. The Labute approximate surface area is 207 Å². The van der Waals surface area contributed by atoms with Crippen LogP contribution in [0.4, 0.5) is 4.39 Å². The Morgan fingerprint density at radius 1 is 1.06 bits per heavy atom. The number of rotatable bonds is 7. The molecule has 1 aromatic heterocycles. The minimum Gasteiger partial charge on any atom is -0.496 e. The second-order valence-electron chi connectivity index (χ2n) is 8.79. The molecule has 2 aromatic carbocycles. The van der Waals surface area contributed by atoms with E-state index < -0.39 is 0 Å². The third kappa shape index (κ3) is 4.50. The van der Waals surface area contributed by atoms with Crippen LogP contribution in [0.5, 0.6) is 11.5 Å². The number of amides is 2. The van der Waals surface area contributed by atoms with Crippen molar-refractivity contribution >= 4 is 23.2 Å². The predicted molar refractivity (Wildman–Crippen MR) is 132 cm³/mol. The van der Waals surface area contributed by atoms with Gasteiger partial charge in [-0.25, -0.2) is 4.39 Å². The van der Waals surface area contributed by atoms with Crippen molar-refractivity contribution in [2.45, 2.75) is 31.3 Å². The second-order valence-corrected chi connectivity index (χ2v) is 9.79. The lowest BCUT2D eigenvalue weighted by Crippen LogP contribution is -2.47. The monoisotopic (exact) mass is 494 g/mol. The fraction of sp³-hybridized carbons (Fsp3) is 0.333. The molecule has 2 amide bonds. The summed E-state index contributed by atoms with van der Waals surface area (Å²) in [5.74, 6) is 0.103. The standard InChI is InChI=1S/C27H27FN2O4S/c1-33-21-4-3-5-22(34-2)25(21)27(32)30(19-10-11-19)16-24(31)29-14-12-23-20(13-15-35-23)26(29)17-6-8-18(28)9-7-17/h3-9,13,15,19,26H,10-12,14,16H2,1-2H3. The van der Waals surface area contributed by atoms with Gasteiger partial charge < -0.3 is 19.3 Å². The van der Waals surface area contributed by atoms with Gasteiger partial charge in [-0.15, -0.1) is 11.3 Å². The van der Waals surface area contributed by atoms with Gasteiger partial charge in [-0.1, -0.05) is 18.2 Å². The van der Waals surface area contributed by atoms with Gasteiger partial charge in [0.1, 0.15) is 29.4 Å². The van der Waals surface area contributed by atoms with E-state index >= 15 is 0 Å². The molecule has 0 saturated heterocycles. The Morgan fingerprint density at radius 2 is 1.74 bits per heavy atom. The SMILES string of the molecule is COc1cccc(OC)c1C(=O)N(CC(=O)N1CCc2sccc2C1c1ccc(F)cc1)C1CC1. The molecule has 0 spiro atoms. The van der Waals surface area contributed by atoms with Crippen molar-refractivity contribution in [1.29, 1.82) is 0 Å². The van der Waals surface area contributed by atoms with Gasteiger partial charge in [0.25, 0.3) is 5.91 Å². The van der Waals surface area contributed by atoms with E-state index in [0.717, 1.165) is 30.4 Å². The summed E-state index contributed by atoms with van der Waals surface area (Å²) >= 11 is 1.68. The molecule has 1 aliphatic heterocycles. The number of benzene rings is 2. The first kappa shape index (κ1) is 23.4. The van der Waals surface area contributed by atoms with E-state index in [9.17, 15) is 14.0 Å². The average Bonchev–Trinajstić information content (AvgIpc) is 3.61. The van der Waals surface area contributed by atoms with Gasteiger partial charge in [0.2, 0.25) is 5.91 Å². The summed E-state index contributed by atoms with van der Waals surface area (Å²) in [6.45, 7) is 0.501. The number of thiophene rings is 1. The Balaban J connectivity index is 1.45. The lowest BCUT2D eigenvalue weighted by molar-refractivity contribution is -0.134. The lowest BCUT2D eigenvalue weighted by Gasteiger charge is -2.37. The summed E-state index contributed by atoms with van der Waals surface area (Å²) in [7, 11) is 3.02. The number of carbonyl (C=O) groups excluding carboxylic acids is 2. The molecular formula is C27H27FN2O4S. The van der Waals surface area contributed by atoms with Crippen molar-refractivity contribution in [3.05, 3.63) is 81.3 Å². The number of carbonyl (C=O) groups is 2. The zero-order chi connectivity index (χ0) is 24.5. The van der Waals surface area contributed by atoms with Crippen molar-refractivity contribution in [3.63, 3.8) is 0 Å². The van der Waals surface area contributed by atoms with E-state index in [4.69, 9.17) is 9.47 Å². The molecule has 5 rings (SSSR count). The van der Waals surface area contributed by atoms with Crippen LogP contribution >= 0.6 is 11.3 Å². The first-order valence-electron chi connectivity index (χ1n) is 11.6. The van der Waals surface area contributed by atoms with Crippen LogP contribution in [0.2, 0.25) is 0 Å². The van der Waals surface area contributed by atoms with Crippen molar-refractivity contribution < 1.29 is 23.5 Å². The third-order valence-corrected chi connectivity index (χ3v) is 7.66. The molecule has 6 nitrogen and oxygen atoms in total. The Kier molecular flexibility index (Phi) is 6.47. The molecule has 2 aliphatic rings. The number of hydrogen-bond donors (Lipinski definition) is 0. The fourth-order valence-electron chi connectivity index (χ4n) is 4.78. The molecule has 0 radical (unpaired) electrons. The maximum atomic E-state index is 13.8. The molecule has 8 heteroatoms. The van der Waals surface area contributed by atoms with Gasteiger partial charge in [0, 0.05) is 17.5 Å². The summed E-state index contributed by atoms with van der Waals surface area (Å²) in [4.78, 5) is 32.2. The third-order valence-electron chi connectivity index (χ3n) is 6.67. The van der Waals surface area contributed by atoms with Gasteiger partial charge >= 0.3 is 0 Å². The van der Waals surface area contributed by atoms with E-state index in [2.05, 4.69) is 0 Å². The molecule has 1 atom stereocenters. The molecule has 1 saturated carbocycles. The van der Waals surface area contributed by atoms with E-state index in [1.54, 1.807) is 46.6 Å². The van der Waals surface area contributed by atoms with E-state index in [1.807, 2.05) is 16.3 Å². The summed E-state index contributed by atoms with van der Waals surface area (Å²) in [5.41, 5.74) is 2.25. The second kappa shape index (κ2) is 9.70. The Hall–Kier alpha value is -3.39. The summed E-state index contributed by atoms with van der Waals surface area (Å²) in [6, 6.07) is 13.2. The number of methoxy groups -OCH3 is 2. The highest BCUT2D eigenvalue weighted by Crippen LogP contribution is 2.39. The minimum atomic E-state index is -0.316. The zero-order valence-electron chi connectivity index (χ0n) is 19.7. The lowest BCUT2D eigenvalue weighted by atomic mass is 9.93. The first-order chi connectivity index (χ1) is 17.0. The van der Waals surface area contributed by atoms with Crippen LogP contribution in [-0.4, -0.2) is 55.0 Å². The molecule has 0 N–H and O–H groups in total. The van der Waals surface area contributed by atoms with E-state index in [-0.39, 0.29) is 36.3 Å². The van der Waals surface area contributed by atoms with Crippen LogP contribution in [-0.2, 0) is 11.2 Å². The van der Waals surface area contributed by atoms with Crippen LogP contribution < -0.4 is 9.47 Å². The van der Waals surface area contributed by atoms with Crippen LogP contribution in [0.25, 0.3) is 0 Å². The summed E-state index contributed by atoms with van der Waals surface area (Å²) in [6.07, 6.45) is 2.47. The molecule has 3 aromatic rings. The first-order valence-corrected chi connectivity index (χ1v) is 12.5. The van der Waals surface area contributed by atoms with Crippen molar-refractivity contribution in [1.82, 2.24) is 9.80 Å². The Bertz CT molecular complexity index is 1220. The molecule has 35 heavy (non-hydrogen) atoms. The highest BCUT2D eigenvalue weighted by atomic mass is 32.1. The fourth-order valence-corrected chi connectivity index (χ4v) is 5.69. The Morgan fingerprint density at radius 3 is 2.37 bits per heavy atom. The zero-order valence-corrected chi connectivity index (χ0v) is 20.5. The molecule has 1 unspecified atom stereocenters. The van der Waals surface area contributed by atoms with E-state index in [1.165, 1.54) is 31.2 Å². The molecular weight excluding hydrogens is 467 g/mol. The number of fused-ring (bicyclic) bond motifs is 1.